The van der Waals surface area contributed by atoms with Crippen LogP contribution < -0.4 is 9.88 Å². The summed E-state index contributed by atoms with van der Waals surface area (Å²) in [6, 6.07) is 4.37. The summed E-state index contributed by atoms with van der Waals surface area (Å²) in [7, 11) is -3.70. The molecule has 1 aromatic carbocycles. The predicted molar refractivity (Wildman–Crippen MR) is 65.9 cm³/mol. The minimum Gasteiger partial charge on any atom is -0.483 e. The normalized spacial score (nSPS) is 11.5. The lowest BCUT2D eigenvalue weighted by molar-refractivity contribution is 0.241. The predicted octanol–water partition coefficient (Wildman–Crippen LogP) is 0.913. The van der Waals surface area contributed by atoms with Crippen molar-refractivity contribution in [2.75, 3.05) is 0 Å². The molecule has 1 heterocycles. The number of nitrogens with zero attached hydrogens (tertiary/aromatic N) is 2. The number of hydrogen-bond donors (Lipinski definition) is 1. The molecule has 102 valence electrons. The van der Waals surface area contributed by atoms with Crippen LogP contribution in [0.3, 0.4) is 0 Å². The zero-order chi connectivity index (χ0) is 14.0. The van der Waals surface area contributed by atoms with E-state index < -0.39 is 10.0 Å². The molecule has 0 aliphatic carbocycles. The number of benzene rings is 1. The molecule has 0 saturated heterocycles. The maximum absolute atomic E-state index is 11.2. The van der Waals surface area contributed by atoms with E-state index in [0.29, 0.717) is 23.0 Å². The quantitative estimate of drug-likeness (QED) is 0.893. The largest absolute Gasteiger partial charge is 0.483 e. The molecular formula is C11H13N3O4S. The molecule has 0 unspecified atom stereocenters. The molecule has 8 heteroatoms. The van der Waals surface area contributed by atoms with Crippen LogP contribution in [-0.4, -0.2) is 18.6 Å². The van der Waals surface area contributed by atoms with Gasteiger partial charge in [-0.3, -0.25) is 0 Å². The fourth-order valence-corrected chi connectivity index (χ4v) is 2.10. The maximum Gasteiger partial charge on any atom is 0.264 e. The Morgan fingerprint density at radius 2 is 2.11 bits per heavy atom. The van der Waals surface area contributed by atoms with Gasteiger partial charge in [-0.1, -0.05) is 5.16 Å². The van der Waals surface area contributed by atoms with Gasteiger partial charge in [0.05, 0.1) is 4.90 Å². The van der Waals surface area contributed by atoms with Gasteiger partial charge in [-0.15, -0.1) is 0 Å². The van der Waals surface area contributed by atoms with Gasteiger partial charge in [0.2, 0.25) is 10.0 Å². The van der Waals surface area contributed by atoms with E-state index in [9.17, 15) is 8.42 Å². The van der Waals surface area contributed by atoms with E-state index in [2.05, 4.69) is 10.1 Å². The van der Waals surface area contributed by atoms with Gasteiger partial charge in [0, 0.05) is 0 Å². The molecule has 0 spiro atoms. The van der Waals surface area contributed by atoms with Crippen LogP contribution in [0.25, 0.3) is 0 Å². The number of rotatable bonds is 4. The maximum atomic E-state index is 11.2. The first-order valence-corrected chi connectivity index (χ1v) is 6.96. The van der Waals surface area contributed by atoms with Gasteiger partial charge in [-0.25, -0.2) is 13.6 Å². The van der Waals surface area contributed by atoms with Crippen molar-refractivity contribution in [2.24, 2.45) is 5.14 Å². The number of primary sulfonamides is 1. The van der Waals surface area contributed by atoms with Crippen LogP contribution >= 0.6 is 0 Å². The highest BCUT2D eigenvalue weighted by Crippen LogP contribution is 2.21. The number of aryl methyl sites for hydroxylation is 2. The lowest BCUT2D eigenvalue weighted by Crippen LogP contribution is -2.12. The minimum atomic E-state index is -3.70. The van der Waals surface area contributed by atoms with Crippen LogP contribution in [0.5, 0.6) is 5.75 Å². The molecule has 0 aliphatic heterocycles. The van der Waals surface area contributed by atoms with E-state index >= 15 is 0 Å². The van der Waals surface area contributed by atoms with E-state index in [-0.39, 0.29) is 11.5 Å². The molecule has 0 atom stereocenters. The lowest BCUT2D eigenvalue weighted by Gasteiger charge is -2.08. The van der Waals surface area contributed by atoms with E-state index in [1.54, 1.807) is 13.8 Å². The number of sulfonamides is 1. The molecular weight excluding hydrogens is 270 g/mol. The van der Waals surface area contributed by atoms with Crippen molar-refractivity contribution in [3.05, 3.63) is 35.5 Å². The van der Waals surface area contributed by atoms with E-state index in [4.69, 9.17) is 14.4 Å². The van der Waals surface area contributed by atoms with Gasteiger partial charge in [-0.2, -0.15) is 4.98 Å². The molecule has 19 heavy (non-hydrogen) atoms. The second-order valence-electron chi connectivity index (χ2n) is 4.00. The van der Waals surface area contributed by atoms with Crippen molar-refractivity contribution in [1.29, 1.82) is 0 Å². The fraction of sp³-hybridized carbons (Fsp3) is 0.273. The molecule has 0 saturated carbocycles. The Kier molecular flexibility index (Phi) is 3.54. The van der Waals surface area contributed by atoms with E-state index in [1.807, 2.05) is 0 Å². The Hall–Kier alpha value is -1.93. The van der Waals surface area contributed by atoms with Crippen molar-refractivity contribution in [2.45, 2.75) is 25.3 Å². The summed E-state index contributed by atoms with van der Waals surface area (Å²) in [4.78, 5) is 4.04. The number of ether oxygens (including phenoxy) is 1. The lowest BCUT2D eigenvalue weighted by atomic mass is 10.2. The topological polar surface area (TPSA) is 108 Å². The second-order valence-corrected chi connectivity index (χ2v) is 5.56. The molecule has 1 aromatic heterocycles. The number of hydrogen-bond acceptors (Lipinski definition) is 6. The van der Waals surface area contributed by atoms with Gasteiger partial charge in [0.1, 0.15) is 5.75 Å². The smallest absolute Gasteiger partial charge is 0.264 e. The standard InChI is InChI=1S/C11H13N3O4S/c1-7-5-9(19(12,15)16)3-4-10(7)17-6-11-13-8(2)14-18-11/h3-5H,6H2,1-2H3,(H2,12,15,16). The van der Waals surface area contributed by atoms with E-state index in [1.165, 1.54) is 18.2 Å². The molecule has 7 nitrogen and oxygen atoms in total. The van der Waals surface area contributed by atoms with Gasteiger partial charge in [-0.05, 0) is 37.6 Å². The molecule has 0 radical (unpaired) electrons. The monoisotopic (exact) mass is 283 g/mol. The van der Waals surface area contributed by atoms with Crippen LogP contribution in [-0.2, 0) is 16.6 Å². The Morgan fingerprint density at radius 3 is 2.63 bits per heavy atom. The summed E-state index contributed by atoms with van der Waals surface area (Å²) < 4.78 is 32.7. The van der Waals surface area contributed by atoms with Crippen LogP contribution in [0, 0.1) is 13.8 Å². The zero-order valence-electron chi connectivity index (χ0n) is 10.5. The van der Waals surface area contributed by atoms with Crippen molar-refractivity contribution < 1.29 is 17.7 Å². The molecule has 0 amide bonds. The molecule has 2 aromatic rings. The Labute approximate surface area is 110 Å². The summed E-state index contributed by atoms with van der Waals surface area (Å²) in [6.07, 6.45) is 0. The minimum absolute atomic E-state index is 0.0472. The average Bonchev–Trinajstić information content (AvgIpc) is 2.72. The summed E-state index contributed by atoms with van der Waals surface area (Å²) in [5.74, 6) is 1.41. The third-order valence-electron chi connectivity index (χ3n) is 2.40. The Morgan fingerprint density at radius 1 is 1.37 bits per heavy atom. The van der Waals surface area contributed by atoms with Crippen LogP contribution in [0.2, 0.25) is 0 Å². The summed E-state index contributed by atoms with van der Waals surface area (Å²) in [5, 5.41) is 8.68. The van der Waals surface area contributed by atoms with E-state index in [0.717, 1.165) is 0 Å². The first kappa shape index (κ1) is 13.5. The molecule has 2 N–H and O–H groups in total. The summed E-state index contributed by atoms with van der Waals surface area (Å²) >= 11 is 0. The SMILES string of the molecule is Cc1noc(COc2ccc(S(N)(=O)=O)cc2C)n1. The van der Waals surface area contributed by atoms with Crippen molar-refractivity contribution in [3.63, 3.8) is 0 Å². The Balaban J connectivity index is 2.14. The first-order valence-electron chi connectivity index (χ1n) is 5.42. The fourth-order valence-electron chi connectivity index (χ4n) is 1.50. The highest BCUT2D eigenvalue weighted by Gasteiger charge is 2.11. The van der Waals surface area contributed by atoms with Crippen molar-refractivity contribution >= 4 is 10.0 Å². The van der Waals surface area contributed by atoms with Crippen LogP contribution in [0.1, 0.15) is 17.3 Å². The molecule has 2 rings (SSSR count). The van der Waals surface area contributed by atoms with Gasteiger partial charge >= 0.3 is 0 Å². The number of nitrogens with two attached hydrogens (primary N) is 1. The average molecular weight is 283 g/mol. The van der Waals surface area contributed by atoms with Crippen LogP contribution in [0.15, 0.2) is 27.6 Å². The zero-order valence-corrected chi connectivity index (χ0v) is 11.3. The summed E-state index contributed by atoms with van der Waals surface area (Å²) in [5.41, 5.74) is 0.655. The molecule has 0 bridgehead atoms. The van der Waals surface area contributed by atoms with Gasteiger partial charge < -0.3 is 9.26 Å². The third kappa shape index (κ3) is 3.30. The molecule has 0 fully saturated rings. The number of aromatic nitrogens is 2. The Bertz CT molecular complexity index is 694. The van der Waals surface area contributed by atoms with Crippen LogP contribution in [0.4, 0.5) is 0 Å². The first-order chi connectivity index (χ1) is 8.86. The third-order valence-corrected chi connectivity index (χ3v) is 3.31. The second kappa shape index (κ2) is 4.98. The highest BCUT2D eigenvalue weighted by molar-refractivity contribution is 7.89. The van der Waals surface area contributed by atoms with Gasteiger partial charge in [0.15, 0.2) is 12.4 Å². The van der Waals surface area contributed by atoms with Crippen molar-refractivity contribution in [1.82, 2.24) is 10.1 Å². The van der Waals surface area contributed by atoms with Gasteiger partial charge in [0.25, 0.3) is 5.89 Å². The molecule has 0 aliphatic rings. The van der Waals surface area contributed by atoms with Crippen molar-refractivity contribution in [3.8, 4) is 5.75 Å². The summed E-state index contributed by atoms with van der Waals surface area (Å²) in [6.45, 7) is 3.55. The highest BCUT2D eigenvalue weighted by atomic mass is 32.2.